The number of hydrogen-bond donors (Lipinski definition) is 2. The van der Waals surface area contributed by atoms with E-state index in [0.717, 1.165) is 24.7 Å². The van der Waals surface area contributed by atoms with Crippen molar-refractivity contribution in [2.45, 2.75) is 32.7 Å². The quantitative estimate of drug-likeness (QED) is 0.377. The number of guanidine groups is 1. The summed E-state index contributed by atoms with van der Waals surface area (Å²) in [6.45, 7) is 5.27. The van der Waals surface area contributed by atoms with E-state index in [1.807, 2.05) is 12.1 Å². The summed E-state index contributed by atoms with van der Waals surface area (Å²) in [5, 5.41) is 10.3. The topological polar surface area (TPSA) is 84.6 Å². The zero-order chi connectivity index (χ0) is 17.4. The summed E-state index contributed by atoms with van der Waals surface area (Å²) in [4.78, 5) is 8.34. The lowest BCUT2D eigenvalue weighted by Gasteiger charge is -2.15. The average molecular weight is 459 g/mol. The molecule has 0 bridgehead atoms. The van der Waals surface area contributed by atoms with Crippen LogP contribution >= 0.6 is 24.0 Å². The largest absolute Gasteiger partial charge is 0.497 e. The van der Waals surface area contributed by atoms with E-state index < -0.39 is 0 Å². The second kappa shape index (κ2) is 10.9. The SMILES string of the molecule is CN=C(NCCC(C)c1ccc(OC)cc1)NCc1noc(C)n1.I. The summed E-state index contributed by atoms with van der Waals surface area (Å²) in [5.41, 5.74) is 1.29. The first-order valence-electron chi connectivity index (χ1n) is 8.00. The molecule has 0 amide bonds. The van der Waals surface area contributed by atoms with Crippen molar-refractivity contribution >= 4 is 29.9 Å². The maximum atomic E-state index is 5.19. The van der Waals surface area contributed by atoms with E-state index >= 15 is 0 Å². The van der Waals surface area contributed by atoms with Crippen molar-refractivity contribution in [2.24, 2.45) is 4.99 Å². The molecule has 1 atom stereocenters. The molecule has 0 aliphatic carbocycles. The maximum Gasteiger partial charge on any atom is 0.223 e. The predicted octanol–water partition coefficient (Wildman–Crippen LogP) is 2.86. The van der Waals surface area contributed by atoms with Gasteiger partial charge in [0.2, 0.25) is 5.89 Å². The van der Waals surface area contributed by atoms with Gasteiger partial charge in [-0.15, -0.1) is 24.0 Å². The number of rotatable bonds is 7. The minimum Gasteiger partial charge on any atom is -0.497 e. The molecule has 0 aliphatic heterocycles. The highest BCUT2D eigenvalue weighted by atomic mass is 127. The van der Waals surface area contributed by atoms with E-state index in [2.05, 4.69) is 44.8 Å². The van der Waals surface area contributed by atoms with Crippen LogP contribution in [-0.2, 0) is 6.54 Å². The Kier molecular flexibility index (Phi) is 9.25. The molecule has 1 aromatic carbocycles. The van der Waals surface area contributed by atoms with Crippen molar-refractivity contribution in [1.29, 1.82) is 0 Å². The molecule has 0 aliphatic rings. The van der Waals surface area contributed by atoms with Crippen molar-refractivity contribution in [3.05, 3.63) is 41.5 Å². The Morgan fingerprint density at radius 1 is 1.28 bits per heavy atom. The van der Waals surface area contributed by atoms with Crippen molar-refractivity contribution in [3.8, 4) is 5.75 Å². The summed E-state index contributed by atoms with van der Waals surface area (Å²) in [6, 6.07) is 8.20. The van der Waals surface area contributed by atoms with Gasteiger partial charge in [0.1, 0.15) is 5.75 Å². The van der Waals surface area contributed by atoms with Crippen molar-refractivity contribution in [3.63, 3.8) is 0 Å². The molecule has 0 saturated carbocycles. The summed E-state index contributed by atoms with van der Waals surface area (Å²) < 4.78 is 10.1. The number of nitrogens with zero attached hydrogens (tertiary/aromatic N) is 3. The lowest BCUT2D eigenvalue weighted by molar-refractivity contribution is 0.387. The summed E-state index contributed by atoms with van der Waals surface area (Å²) in [6.07, 6.45) is 0.994. The number of halogens is 1. The molecule has 138 valence electrons. The molecule has 25 heavy (non-hydrogen) atoms. The van der Waals surface area contributed by atoms with Gasteiger partial charge < -0.3 is 19.9 Å². The third kappa shape index (κ3) is 6.89. The van der Waals surface area contributed by atoms with Crippen molar-refractivity contribution < 1.29 is 9.26 Å². The van der Waals surface area contributed by atoms with Crippen molar-refractivity contribution in [2.75, 3.05) is 20.7 Å². The van der Waals surface area contributed by atoms with Gasteiger partial charge in [0, 0.05) is 20.5 Å². The lowest BCUT2D eigenvalue weighted by Crippen LogP contribution is -2.37. The highest BCUT2D eigenvalue weighted by Gasteiger charge is 2.07. The fourth-order valence-electron chi connectivity index (χ4n) is 2.30. The van der Waals surface area contributed by atoms with Gasteiger partial charge in [-0.1, -0.05) is 24.2 Å². The first kappa shape index (κ1) is 21.2. The Balaban J connectivity index is 0.00000312. The average Bonchev–Trinajstić information content (AvgIpc) is 3.03. The minimum atomic E-state index is 0. The van der Waals surface area contributed by atoms with Crippen LogP contribution in [0.5, 0.6) is 5.75 Å². The van der Waals surface area contributed by atoms with E-state index in [0.29, 0.717) is 24.2 Å². The second-order valence-corrected chi connectivity index (χ2v) is 5.55. The number of aliphatic imine (C=N–C) groups is 1. The van der Waals surface area contributed by atoms with Crippen LogP contribution < -0.4 is 15.4 Å². The number of aromatic nitrogens is 2. The first-order valence-corrected chi connectivity index (χ1v) is 8.00. The van der Waals surface area contributed by atoms with Crippen LogP contribution in [0.4, 0.5) is 0 Å². The molecule has 1 unspecified atom stereocenters. The Hall–Kier alpha value is -1.84. The normalized spacial score (nSPS) is 12.2. The van der Waals surface area contributed by atoms with Gasteiger partial charge in [0.25, 0.3) is 0 Å². The lowest BCUT2D eigenvalue weighted by atomic mass is 9.98. The molecule has 1 heterocycles. The van der Waals surface area contributed by atoms with Crippen LogP contribution in [0.2, 0.25) is 0 Å². The first-order chi connectivity index (χ1) is 11.6. The van der Waals surface area contributed by atoms with Crippen molar-refractivity contribution in [1.82, 2.24) is 20.8 Å². The smallest absolute Gasteiger partial charge is 0.223 e. The molecule has 2 N–H and O–H groups in total. The molecule has 2 rings (SSSR count). The Bertz CT molecular complexity index is 657. The van der Waals surface area contributed by atoms with Crippen LogP contribution in [0, 0.1) is 6.92 Å². The Morgan fingerprint density at radius 2 is 2.00 bits per heavy atom. The number of hydrogen-bond acceptors (Lipinski definition) is 5. The van der Waals surface area contributed by atoms with Crippen LogP contribution in [0.25, 0.3) is 0 Å². The second-order valence-electron chi connectivity index (χ2n) is 5.55. The number of aryl methyl sites for hydroxylation is 1. The number of ether oxygens (including phenoxy) is 1. The van der Waals surface area contributed by atoms with Crippen LogP contribution in [0.3, 0.4) is 0 Å². The van der Waals surface area contributed by atoms with E-state index in [1.165, 1.54) is 5.56 Å². The molecule has 0 saturated heterocycles. The van der Waals surface area contributed by atoms with Gasteiger partial charge in [-0.3, -0.25) is 4.99 Å². The molecular weight excluding hydrogens is 433 g/mol. The third-order valence-electron chi connectivity index (χ3n) is 3.76. The fourth-order valence-corrected chi connectivity index (χ4v) is 2.30. The fraction of sp³-hybridized carbons (Fsp3) is 0.471. The predicted molar refractivity (Wildman–Crippen MR) is 109 cm³/mol. The Labute approximate surface area is 165 Å². The summed E-state index contributed by atoms with van der Waals surface area (Å²) in [7, 11) is 3.42. The van der Waals surface area contributed by atoms with E-state index in [-0.39, 0.29) is 24.0 Å². The molecule has 0 spiro atoms. The van der Waals surface area contributed by atoms with Gasteiger partial charge >= 0.3 is 0 Å². The van der Waals surface area contributed by atoms with Crippen LogP contribution in [0.1, 0.15) is 36.5 Å². The van der Waals surface area contributed by atoms with Gasteiger partial charge in [-0.05, 0) is 30.0 Å². The highest BCUT2D eigenvalue weighted by molar-refractivity contribution is 14.0. The minimum absolute atomic E-state index is 0. The summed E-state index contributed by atoms with van der Waals surface area (Å²) in [5.74, 6) is 3.22. The molecule has 7 nitrogen and oxygen atoms in total. The van der Waals surface area contributed by atoms with E-state index in [9.17, 15) is 0 Å². The molecule has 0 radical (unpaired) electrons. The van der Waals surface area contributed by atoms with Crippen LogP contribution in [0.15, 0.2) is 33.8 Å². The van der Waals surface area contributed by atoms with Gasteiger partial charge in [0.05, 0.1) is 13.7 Å². The summed E-state index contributed by atoms with van der Waals surface area (Å²) >= 11 is 0. The Morgan fingerprint density at radius 3 is 2.56 bits per heavy atom. The number of nitrogens with one attached hydrogen (secondary N) is 2. The van der Waals surface area contributed by atoms with Gasteiger partial charge in [0.15, 0.2) is 11.8 Å². The molecule has 0 fully saturated rings. The number of methoxy groups -OCH3 is 1. The molecule has 8 heteroatoms. The van der Waals surface area contributed by atoms with E-state index in [4.69, 9.17) is 9.26 Å². The third-order valence-corrected chi connectivity index (χ3v) is 3.76. The zero-order valence-corrected chi connectivity index (χ0v) is 17.4. The van der Waals surface area contributed by atoms with Gasteiger partial charge in [-0.25, -0.2) is 0 Å². The standard InChI is InChI=1S/C17H25N5O2.HI/c1-12(14-5-7-15(23-4)8-6-14)9-10-19-17(18-3)20-11-16-21-13(2)24-22-16;/h5-8,12H,9-11H2,1-4H3,(H2,18,19,20);1H. The monoisotopic (exact) mass is 459 g/mol. The molecule has 1 aromatic heterocycles. The molecular formula is C17H26IN5O2. The van der Waals surface area contributed by atoms with Crippen LogP contribution in [-0.4, -0.2) is 36.8 Å². The number of benzene rings is 1. The zero-order valence-electron chi connectivity index (χ0n) is 15.1. The highest BCUT2D eigenvalue weighted by Crippen LogP contribution is 2.21. The van der Waals surface area contributed by atoms with E-state index in [1.54, 1.807) is 21.1 Å². The maximum absolute atomic E-state index is 5.19. The molecule has 2 aromatic rings. The van der Waals surface area contributed by atoms with Gasteiger partial charge in [-0.2, -0.15) is 4.98 Å².